The van der Waals surface area contributed by atoms with Gasteiger partial charge in [-0.15, -0.1) is 0 Å². The number of sulfonamides is 1. The Hall–Kier alpha value is -2.68. The molecule has 1 heterocycles. The molecule has 11 heteroatoms. The van der Waals surface area contributed by atoms with Crippen molar-refractivity contribution >= 4 is 43.5 Å². The number of halogens is 1. The number of nitrogens with one attached hydrogen (secondary N) is 2. The standard InChI is InChI=1S/C13H10BrN5O4S/c14-8-3-1-2-4-9(8)18-13(21)19-12-10(20)11(24(16,22)23)7(5-15)6-17-12/h1-4,6,20H,(H2,16,22,23)(H2,17,18,19,21). The maximum Gasteiger partial charge on any atom is 0.324 e. The molecule has 0 unspecified atom stereocenters. The minimum Gasteiger partial charge on any atom is -0.503 e. The van der Waals surface area contributed by atoms with Gasteiger partial charge in [0.2, 0.25) is 10.0 Å². The number of aromatic nitrogens is 1. The van der Waals surface area contributed by atoms with E-state index in [1.54, 1.807) is 30.3 Å². The lowest BCUT2D eigenvalue weighted by Crippen LogP contribution is -2.21. The average Bonchev–Trinajstić information content (AvgIpc) is 2.50. The van der Waals surface area contributed by atoms with Gasteiger partial charge in [0, 0.05) is 10.7 Å². The Morgan fingerprint density at radius 3 is 2.58 bits per heavy atom. The molecule has 1 aromatic heterocycles. The molecule has 0 aliphatic heterocycles. The lowest BCUT2D eigenvalue weighted by atomic mass is 10.3. The molecule has 0 spiro atoms. The van der Waals surface area contributed by atoms with E-state index >= 15 is 0 Å². The van der Waals surface area contributed by atoms with Crippen molar-refractivity contribution in [2.45, 2.75) is 4.90 Å². The van der Waals surface area contributed by atoms with Gasteiger partial charge in [0.25, 0.3) is 0 Å². The molecule has 2 aromatic rings. The Balaban J connectivity index is 2.33. The number of carbonyl (C=O) groups excluding carboxylic acids is 1. The van der Waals surface area contributed by atoms with Crippen molar-refractivity contribution in [1.29, 1.82) is 5.26 Å². The van der Waals surface area contributed by atoms with Gasteiger partial charge in [0.15, 0.2) is 11.6 Å². The topological polar surface area (TPSA) is 158 Å². The van der Waals surface area contributed by atoms with Crippen molar-refractivity contribution in [3.05, 3.63) is 40.5 Å². The van der Waals surface area contributed by atoms with E-state index in [1.807, 2.05) is 0 Å². The predicted octanol–water partition coefficient (Wildman–Crippen LogP) is 1.71. The first kappa shape index (κ1) is 17.7. The van der Waals surface area contributed by atoms with Gasteiger partial charge < -0.3 is 10.4 Å². The smallest absolute Gasteiger partial charge is 0.324 e. The van der Waals surface area contributed by atoms with Crippen LogP contribution in [0.25, 0.3) is 0 Å². The van der Waals surface area contributed by atoms with Gasteiger partial charge in [0.05, 0.1) is 11.3 Å². The Labute approximate surface area is 145 Å². The summed E-state index contributed by atoms with van der Waals surface area (Å²) in [5.74, 6) is -1.37. The van der Waals surface area contributed by atoms with Crippen molar-refractivity contribution in [2.24, 2.45) is 5.14 Å². The second-order valence-corrected chi connectivity index (χ2v) is 6.77. The summed E-state index contributed by atoms with van der Waals surface area (Å²) < 4.78 is 23.6. The van der Waals surface area contributed by atoms with Crippen LogP contribution in [0.4, 0.5) is 16.3 Å². The minimum atomic E-state index is -4.39. The molecule has 2 rings (SSSR count). The summed E-state index contributed by atoms with van der Waals surface area (Å²) in [6, 6.07) is 7.53. The first-order valence-electron chi connectivity index (χ1n) is 6.21. The van der Waals surface area contributed by atoms with Gasteiger partial charge in [-0.1, -0.05) is 12.1 Å². The summed E-state index contributed by atoms with van der Waals surface area (Å²) in [5, 5.41) is 28.5. The highest BCUT2D eigenvalue weighted by Gasteiger charge is 2.24. The number of amides is 2. The number of para-hydroxylation sites is 1. The second-order valence-electron chi connectivity index (χ2n) is 4.41. The van der Waals surface area contributed by atoms with Crippen LogP contribution in [0.5, 0.6) is 5.75 Å². The van der Waals surface area contributed by atoms with Gasteiger partial charge >= 0.3 is 6.03 Å². The quantitative estimate of drug-likeness (QED) is 0.601. The monoisotopic (exact) mass is 411 g/mol. The van der Waals surface area contributed by atoms with Crippen LogP contribution in [0.2, 0.25) is 0 Å². The van der Waals surface area contributed by atoms with E-state index in [0.717, 1.165) is 6.20 Å². The maximum absolute atomic E-state index is 12.0. The number of aromatic hydroxyl groups is 1. The summed E-state index contributed by atoms with van der Waals surface area (Å²) >= 11 is 3.24. The molecule has 0 saturated carbocycles. The second kappa shape index (κ2) is 6.83. The molecule has 1 aromatic carbocycles. The zero-order chi connectivity index (χ0) is 17.9. The van der Waals surface area contributed by atoms with Crippen LogP contribution in [-0.2, 0) is 10.0 Å². The Bertz CT molecular complexity index is 955. The highest BCUT2D eigenvalue weighted by molar-refractivity contribution is 9.10. The number of hydrogen-bond donors (Lipinski definition) is 4. The third-order valence-electron chi connectivity index (χ3n) is 2.77. The minimum absolute atomic E-state index is 0.438. The lowest BCUT2D eigenvalue weighted by Gasteiger charge is -2.11. The first-order chi connectivity index (χ1) is 11.2. The summed E-state index contributed by atoms with van der Waals surface area (Å²) in [7, 11) is -4.39. The normalized spacial score (nSPS) is 10.7. The molecule has 24 heavy (non-hydrogen) atoms. The molecule has 0 bridgehead atoms. The van der Waals surface area contributed by atoms with Gasteiger partial charge in [0.1, 0.15) is 11.0 Å². The molecule has 0 radical (unpaired) electrons. The van der Waals surface area contributed by atoms with E-state index < -0.39 is 38.1 Å². The van der Waals surface area contributed by atoms with E-state index in [0.29, 0.717) is 10.2 Å². The fourth-order valence-electron chi connectivity index (χ4n) is 1.77. The van der Waals surface area contributed by atoms with Crippen molar-refractivity contribution < 1.29 is 18.3 Å². The van der Waals surface area contributed by atoms with Crippen LogP contribution < -0.4 is 15.8 Å². The summed E-state index contributed by atoms with van der Waals surface area (Å²) in [5.41, 5.74) is 0.00145. The SMILES string of the molecule is N#Cc1cnc(NC(=O)Nc2ccccc2Br)c(O)c1S(N)(=O)=O. The summed E-state index contributed by atoms with van der Waals surface area (Å²) in [6.45, 7) is 0. The molecule has 0 fully saturated rings. The van der Waals surface area contributed by atoms with E-state index in [9.17, 15) is 18.3 Å². The van der Waals surface area contributed by atoms with E-state index in [4.69, 9.17) is 10.4 Å². The third kappa shape index (κ3) is 3.80. The number of urea groups is 1. The van der Waals surface area contributed by atoms with Gasteiger partial charge in [-0.3, -0.25) is 5.32 Å². The van der Waals surface area contributed by atoms with Crippen molar-refractivity contribution in [3.8, 4) is 11.8 Å². The Morgan fingerprint density at radius 1 is 1.33 bits per heavy atom. The van der Waals surface area contributed by atoms with Crippen LogP contribution in [0.1, 0.15) is 5.56 Å². The van der Waals surface area contributed by atoms with Gasteiger partial charge in [-0.05, 0) is 28.1 Å². The highest BCUT2D eigenvalue weighted by Crippen LogP contribution is 2.31. The Kier molecular flexibility index (Phi) is 5.03. The molecule has 9 nitrogen and oxygen atoms in total. The van der Waals surface area contributed by atoms with E-state index in [-0.39, 0.29) is 0 Å². The highest BCUT2D eigenvalue weighted by atomic mass is 79.9. The number of pyridine rings is 1. The number of rotatable bonds is 3. The number of carbonyl (C=O) groups is 1. The largest absolute Gasteiger partial charge is 0.503 e. The molecule has 2 amide bonds. The van der Waals surface area contributed by atoms with Crippen molar-refractivity contribution in [1.82, 2.24) is 4.98 Å². The van der Waals surface area contributed by atoms with E-state index in [2.05, 4.69) is 31.5 Å². The molecular weight excluding hydrogens is 402 g/mol. The number of hydrogen-bond acceptors (Lipinski definition) is 6. The molecule has 124 valence electrons. The third-order valence-corrected chi connectivity index (χ3v) is 4.44. The summed E-state index contributed by atoms with van der Waals surface area (Å²) in [4.78, 5) is 14.8. The number of nitriles is 1. The molecular formula is C13H10BrN5O4S. The maximum atomic E-state index is 12.0. The van der Waals surface area contributed by atoms with Crippen molar-refractivity contribution in [2.75, 3.05) is 10.6 Å². The molecule has 0 saturated heterocycles. The average molecular weight is 412 g/mol. The molecule has 0 atom stereocenters. The number of nitrogens with two attached hydrogens (primary N) is 1. The lowest BCUT2D eigenvalue weighted by molar-refractivity contribution is 0.262. The molecule has 5 N–H and O–H groups in total. The zero-order valence-corrected chi connectivity index (χ0v) is 14.2. The molecule has 0 aliphatic rings. The number of anilines is 2. The Morgan fingerprint density at radius 2 is 2.00 bits per heavy atom. The predicted molar refractivity (Wildman–Crippen MR) is 88.8 cm³/mol. The fourth-order valence-corrected chi connectivity index (χ4v) is 2.92. The molecule has 0 aliphatic carbocycles. The number of benzene rings is 1. The first-order valence-corrected chi connectivity index (χ1v) is 8.55. The summed E-state index contributed by atoms with van der Waals surface area (Å²) in [6.07, 6.45) is 0.882. The van der Waals surface area contributed by atoms with E-state index in [1.165, 1.54) is 0 Å². The van der Waals surface area contributed by atoms with Crippen LogP contribution in [0.3, 0.4) is 0 Å². The van der Waals surface area contributed by atoms with Crippen LogP contribution in [-0.4, -0.2) is 24.5 Å². The number of nitrogens with zero attached hydrogens (tertiary/aromatic N) is 2. The van der Waals surface area contributed by atoms with Crippen LogP contribution >= 0.6 is 15.9 Å². The van der Waals surface area contributed by atoms with Gasteiger partial charge in [-0.2, -0.15) is 5.26 Å². The van der Waals surface area contributed by atoms with Crippen LogP contribution in [0, 0.1) is 11.3 Å². The number of primary sulfonamides is 1. The van der Waals surface area contributed by atoms with Gasteiger partial charge in [-0.25, -0.2) is 23.3 Å². The zero-order valence-electron chi connectivity index (χ0n) is 11.8. The fraction of sp³-hybridized carbons (Fsp3) is 0. The van der Waals surface area contributed by atoms with Crippen molar-refractivity contribution in [3.63, 3.8) is 0 Å². The van der Waals surface area contributed by atoms with Crippen LogP contribution in [0.15, 0.2) is 39.8 Å².